The molecule has 0 bridgehead atoms. The number of carbonyl (C=O) groups is 2. The molecule has 168 valence electrons. The molecule has 31 heavy (non-hydrogen) atoms. The summed E-state index contributed by atoms with van der Waals surface area (Å²) in [6, 6.07) is 14.6. The number of likely N-dealkylation sites (N-methyl/N-ethyl adjacent to an activating group) is 1. The molecule has 8 nitrogen and oxygen atoms in total. The Morgan fingerprint density at radius 1 is 1.06 bits per heavy atom. The molecule has 2 aromatic rings. The number of carbonyl (C=O) groups excluding carboxylic acids is 1. The summed E-state index contributed by atoms with van der Waals surface area (Å²) in [7, 11) is -2.23. The van der Waals surface area contributed by atoms with Gasteiger partial charge in [0.2, 0.25) is 10.0 Å². The first-order valence-corrected chi connectivity index (χ1v) is 11.4. The molecule has 0 heterocycles. The van der Waals surface area contributed by atoms with Crippen LogP contribution in [0, 0.1) is 6.92 Å². The number of ether oxygens (including phenoxy) is 1. The van der Waals surface area contributed by atoms with E-state index in [-0.39, 0.29) is 24.5 Å². The maximum absolute atomic E-state index is 12.3. The van der Waals surface area contributed by atoms with Gasteiger partial charge in [0, 0.05) is 13.6 Å². The van der Waals surface area contributed by atoms with Crippen LogP contribution in [0.4, 0.5) is 4.79 Å². The van der Waals surface area contributed by atoms with Crippen molar-refractivity contribution in [2.45, 2.75) is 43.7 Å². The third-order valence-electron chi connectivity index (χ3n) is 4.77. The summed E-state index contributed by atoms with van der Waals surface area (Å²) in [5.41, 5.74) is 1.77. The molecule has 0 spiro atoms. The van der Waals surface area contributed by atoms with Gasteiger partial charge in [-0.3, -0.25) is 4.90 Å². The normalized spacial score (nSPS) is 12.2. The molecule has 0 saturated heterocycles. The van der Waals surface area contributed by atoms with Crippen LogP contribution in [-0.2, 0) is 26.2 Å². The second-order valence-corrected chi connectivity index (χ2v) is 8.98. The summed E-state index contributed by atoms with van der Waals surface area (Å²) in [5, 5.41) is 9.47. The summed E-state index contributed by atoms with van der Waals surface area (Å²) in [5.74, 6) is -1.14. The number of carboxylic acids is 1. The number of hydrogen-bond donors (Lipinski definition) is 2. The van der Waals surface area contributed by atoms with Crippen LogP contribution in [0.25, 0.3) is 0 Å². The van der Waals surface area contributed by atoms with Crippen molar-refractivity contribution in [2.75, 3.05) is 13.6 Å². The Morgan fingerprint density at radius 3 is 2.32 bits per heavy atom. The number of aryl methyl sites for hydroxylation is 1. The standard InChI is InChI=1S/C22H28N2O6S/c1-17-11-13-19(14-12-17)31(28,29)23-15-7-6-10-20(21(25)26)24(2)22(27)30-16-18-8-4-3-5-9-18/h3-5,8-9,11-14,20,23H,6-7,10,15-16H2,1-2H3,(H,25,26)/t20-/m1/s1. The van der Waals surface area contributed by atoms with Crippen molar-refractivity contribution in [1.82, 2.24) is 9.62 Å². The van der Waals surface area contributed by atoms with Gasteiger partial charge in [0.15, 0.2) is 0 Å². The lowest BCUT2D eigenvalue weighted by molar-refractivity contribution is -0.142. The first-order valence-electron chi connectivity index (χ1n) is 9.93. The SMILES string of the molecule is Cc1ccc(S(=O)(=O)NCCCC[C@H](C(=O)O)N(C)C(=O)OCc2ccccc2)cc1. The number of amides is 1. The van der Waals surface area contributed by atoms with Gasteiger partial charge in [0.05, 0.1) is 4.90 Å². The van der Waals surface area contributed by atoms with Crippen molar-refractivity contribution in [3.63, 3.8) is 0 Å². The second-order valence-electron chi connectivity index (χ2n) is 7.21. The van der Waals surface area contributed by atoms with Crippen LogP contribution in [0.3, 0.4) is 0 Å². The molecule has 0 aliphatic rings. The zero-order chi connectivity index (χ0) is 22.9. The lowest BCUT2D eigenvalue weighted by atomic mass is 10.1. The number of hydrogen-bond acceptors (Lipinski definition) is 5. The minimum atomic E-state index is -3.61. The molecular weight excluding hydrogens is 420 g/mol. The number of carboxylic acid groups (broad SMARTS) is 1. The van der Waals surface area contributed by atoms with E-state index in [0.717, 1.165) is 16.0 Å². The molecular formula is C22H28N2O6S. The highest BCUT2D eigenvalue weighted by Gasteiger charge is 2.27. The fraction of sp³-hybridized carbons (Fsp3) is 0.364. The van der Waals surface area contributed by atoms with Crippen LogP contribution < -0.4 is 4.72 Å². The summed E-state index contributed by atoms with van der Waals surface area (Å²) in [4.78, 5) is 25.0. The highest BCUT2D eigenvalue weighted by molar-refractivity contribution is 7.89. The average Bonchev–Trinajstić information content (AvgIpc) is 2.74. The number of nitrogens with one attached hydrogen (secondary N) is 1. The minimum Gasteiger partial charge on any atom is -0.480 e. The van der Waals surface area contributed by atoms with Crippen LogP contribution in [0.1, 0.15) is 30.4 Å². The van der Waals surface area contributed by atoms with E-state index in [1.165, 1.54) is 19.2 Å². The summed E-state index contributed by atoms with van der Waals surface area (Å²) < 4.78 is 32.2. The Morgan fingerprint density at radius 2 is 1.71 bits per heavy atom. The zero-order valence-electron chi connectivity index (χ0n) is 17.7. The fourth-order valence-electron chi connectivity index (χ4n) is 2.90. The van der Waals surface area contributed by atoms with Crippen LogP contribution in [0.15, 0.2) is 59.5 Å². The predicted octanol–water partition coefficient (Wildman–Crippen LogP) is 3.17. The van der Waals surface area contributed by atoms with Gasteiger partial charge < -0.3 is 9.84 Å². The molecule has 1 amide bonds. The molecule has 1 atom stereocenters. The van der Waals surface area contributed by atoms with Gasteiger partial charge in [0.1, 0.15) is 12.6 Å². The van der Waals surface area contributed by atoms with Gasteiger partial charge in [0.25, 0.3) is 0 Å². The van der Waals surface area contributed by atoms with Crippen LogP contribution in [0.5, 0.6) is 0 Å². The molecule has 2 aromatic carbocycles. The molecule has 9 heteroatoms. The fourth-order valence-corrected chi connectivity index (χ4v) is 3.98. The highest BCUT2D eigenvalue weighted by atomic mass is 32.2. The van der Waals surface area contributed by atoms with E-state index in [1.807, 2.05) is 25.1 Å². The quantitative estimate of drug-likeness (QED) is 0.511. The number of nitrogens with zero attached hydrogens (tertiary/aromatic N) is 1. The molecule has 0 saturated carbocycles. The van der Waals surface area contributed by atoms with E-state index >= 15 is 0 Å². The number of rotatable bonds is 11. The molecule has 2 N–H and O–H groups in total. The minimum absolute atomic E-state index is 0.0527. The zero-order valence-corrected chi connectivity index (χ0v) is 18.5. The summed E-state index contributed by atoms with van der Waals surface area (Å²) >= 11 is 0. The second kappa shape index (κ2) is 11.5. The lowest BCUT2D eigenvalue weighted by Crippen LogP contribution is -2.42. The Bertz CT molecular complexity index is 961. The Labute approximate surface area is 182 Å². The van der Waals surface area contributed by atoms with E-state index in [0.29, 0.717) is 12.8 Å². The molecule has 0 aromatic heterocycles. The maximum atomic E-state index is 12.3. The lowest BCUT2D eigenvalue weighted by Gasteiger charge is -2.24. The van der Waals surface area contributed by atoms with Crippen molar-refractivity contribution < 1.29 is 27.9 Å². The third kappa shape index (κ3) is 7.69. The van der Waals surface area contributed by atoms with Crippen molar-refractivity contribution in [3.05, 3.63) is 65.7 Å². The van der Waals surface area contributed by atoms with Crippen LogP contribution in [0.2, 0.25) is 0 Å². The maximum Gasteiger partial charge on any atom is 0.410 e. The van der Waals surface area contributed by atoms with Crippen LogP contribution >= 0.6 is 0 Å². The largest absolute Gasteiger partial charge is 0.480 e. The van der Waals surface area contributed by atoms with Gasteiger partial charge in [-0.05, 0) is 43.9 Å². The van der Waals surface area contributed by atoms with E-state index in [4.69, 9.17) is 4.74 Å². The average molecular weight is 449 g/mol. The molecule has 0 radical (unpaired) electrons. The number of benzene rings is 2. The van der Waals surface area contributed by atoms with Gasteiger partial charge in [-0.1, -0.05) is 48.0 Å². The monoisotopic (exact) mass is 448 g/mol. The molecule has 2 rings (SSSR count). The van der Waals surface area contributed by atoms with Gasteiger partial charge in [-0.25, -0.2) is 22.7 Å². The Balaban J connectivity index is 1.79. The van der Waals surface area contributed by atoms with Gasteiger partial charge >= 0.3 is 12.1 Å². The van der Waals surface area contributed by atoms with E-state index in [2.05, 4.69) is 4.72 Å². The van der Waals surface area contributed by atoms with E-state index in [9.17, 15) is 23.1 Å². The first kappa shape index (κ1) is 24.4. The highest BCUT2D eigenvalue weighted by Crippen LogP contribution is 2.12. The topological polar surface area (TPSA) is 113 Å². The van der Waals surface area contributed by atoms with Crippen LogP contribution in [-0.4, -0.2) is 50.1 Å². The first-order chi connectivity index (χ1) is 14.7. The van der Waals surface area contributed by atoms with Gasteiger partial charge in [-0.2, -0.15) is 0 Å². The Kier molecular flexibility index (Phi) is 9.02. The summed E-state index contributed by atoms with van der Waals surface area (Å²) in [6.45, 7) is 2.10. The molecule has 0 aliphatic heterocycles. The smallest absolute Gasteiger partial charge is 0.410 e. The van der Waals surface area contributed by atoms with Crippen molar-refractivity contribution in [2.24, 2.45) is 0 Å². The van der Waals surface area contributed by atoms with E-state index < -0.39 is 28.1 Å². The van der Waals surface area contributed by atoms with Crippen molar-refractivity contribution >= 4 is 22.1 Å². The Hall–Kier alpha value is -2.91. The van der Waals surface area contributed by atoms with Gasteiger partial charge in [-0.15, -0.1) is 0 Å². The molecule has 0 fully saturated rings. The predicted molar refractivity (Wildman–Crippen MR) is 116 cm³/mol. The third-order valence-corrected chi connectivity index (χ3v) is 6.25. The van der Waals surface area contributed by atoms with E-state index in [1.54, 1.807) is 24.3 Å². The number of sulfonamides is 1. The number of aliphatic carboxylic acids is 1. The molecule has 0 aliphatic carbocycles. The van der Waals surface area contributed by atoms with Crippen molar-refractivity contribution in [3.8, 4) is 0 Å². The summed E-state index contributed by atoms with van der Waals surface area (Å²) in [6.07, 6.45) is 0.306. The number of unbranched alkanes of at least 4 members (excludes halogenated alkanes) is 1. The van der Waals surface area contributed by atoms with Crippen molar-refractivity contribution in [1.29, 1.82) is 0 Å². The molecule has 0 unspecified atom stereocenters.